The summed E-state index contributed by atoms with van der Waals surface area (Å²) in [5.74, 6) is 0. The van der Waals surface area contributed by atoms with E-state index in [0.717, 1.165) is 5.56 Å². The molecule has 0 aliphatic rings. The quantitative estimate of drug-likeness (QED) is 0.605. The molecular weight excluding hydrogens is 360 g/mol. The number of hydrogen-bond acceptors (Lipinski definition) is 2. The van der Waals surface area contributed by atoms with Crippen molar-refractivity contribution in [3.63, 3.8) is 0 Å². The van der Waals surface area contributed by atoms with E-state index in [0.29, 0.717) is 17.8 Å². The highest BCUT2D eigenvalue weighted by Crippen LogP contribution is 2.36. The van der Waals surface area contributed by atoms with Crippen LogP contribution in [0.25, 0.3) is 11.3 Å². The van der Waals surface area contributed by atoms with E-state index in [1.54, 1.807) is 30.3 Å². The summed E-state index contributed by atoms with van der Waals surface area (Å²) in [6.45, 7) is -0.271. The minimum Gasteiger partial charge on any atom is -0.247 e. The zero-order chi connectivity index (χ0) is 18.9. The van der Waals surface area contributed by atoms with E-state index in [2.05, 4.69) is 10.3 Å². The molecule has 136 valence electrons. The minimum atomic E-state index is -4.88. The minimum absolute atomic E-state index is 0.0975. The van der Waals surface area contributed by atoms with Gasteiger partial charge in [-0.1, -0.05) is 35.5 Å². The Morgan fingerprint density at radius 3 is 1.92 bits per heavy atom. The molecule has 26 heavy (non-hydrogen) atoms. The molecule has 0 N–H and O–H groups in total. The standard InChI is InChI=1S/C17H11F6N3/c18-16(19,20)13-6-11(7-14(8-13)17(21,22)23)9-26-10-15(24-25-26)12-4-2-1-3-5-12/h1-8,10H,9H2. The summed E-state index contributed by atoms with van der Waals surface area (Å²) < 4.78 is 78.6. The number of nitrogens with zero attached hydrogens (tertiary/aromatic N) is 3. The molecule has 9 heteroatoms. The van der Waals surface area contributed by atoms with Crippen LogP contribution in [0.15, 0.2) is 54.7 Å². The van der Waals surface area contributed by atoms with Crippen molar-refractivity contribution < 1.29 is 26.3 Å². The van der Waals surface area contributed by atoms with E-state index in [9.17, 15) is 26.3 Å². The summed E-state index contributed by atoms with van der Waals surface area (Å²) in [7, 11) is 0. The van der Waals surface area contributed by atoms with Crippen LogP contribution in [-0.2, 0) is 18.9 Å². The first kappa shape index (κ1) is 18.0. The van der Waals surface area contributed by atoms with E-state index < -0.39 is 23.5 Å². The van der Waals surface area contributed by atoms with Crippen molar-refractivity contribution in [2.45, 2.75) is 18.9 Å². The molecule has 0 aliphatic heterocycles. The van der Waals surface area contributed by atoms with Gasteiger partial charge in [-0.3, -0.25) is 0 Å². The van der Waals surface area contributed by atoms with E-state index in [1.807, 2.05) is 0 Å². The molecule has 0 amide bonds. The number of benzene rings is 2. The van der Waals surface area contributed by atoms with Gasteiger partial charge in [-0.15, -0.1) is 5.10 Å². The van der Waals surface area contributed by atoms with E-state index in [1.165, 1.54) is 10.9 Å². The Morgan fingerprint density at radius 1 is 0.808 bits per heavy atom. The van der Waals surface area contributed by atoms with Crippen LogP contribution in [0, 0.1) is 0 Å². The summed E-state index contributed by atoms with van der Waals surface area (Å²) in [6, 6.07) is 10.3. The third-order valence-electron chi connectivity index (χ3n) is 3.60. The fourth-order valence-electron chi connectivity index (χ4n) is 2.41. The molecule has 0 saturated carbocycles. The maximum atomic E-state index is 12.9. The molecule has 0 radical (unpaired) electrons. The van der Waals surface area contributed by atoms with Crippen LogP contribution >= 0.6 is 0 Å². The molecule has 0 saturated heterocycles. The summed E-state index contributed by atoms with van der Waals surface area (Å²) in [5, 5.41) is 7.67. The SMILES string of the molecule is FC(F)(F)c1cc(Cn2cc(-c3ccccc3)nn2)cc(C(F)(F)F)c1. The Hall–Kier alpha value is -2.84. The molecule has 1 aromatic heterocycles. The van der Waals surface area contributed by atoms with Crippen molar-refractivity contribution >= 4 is 0 Å². The predicted octanol–water partition coefficient (Wildman–Crippen LogP) is 5.03. The van der Waals surface area contributed by atoms with Crippen molar-refractivity contribution in [1.29, 1.82) is 0 Å². The van der Waals surface area contributed by atoms with Gasteiger partial charge in [0.2, 0.25) is 0 Å². The zero-order valence-corrected chi connectivity index (χ0v) is 13.0. The number of aromatic nitrogens is 3. The first-order valence-electron chi connectivity index (χ1n) is 7.37. The van der Waals surface area contributed by atoms with Crippen LogP contribution < -0.4 is 0 Å². The molecule has 3 nitrogen and oxygen atoms in total. The molecular formula is C17H11F6N3. The van der Waals surface area contributed by atoms with Gasteiger partial charge in [-0.2, -0.15) is 26.3 Å². The van der Waals surface area contributed by atoms with E-state index in [-0.39, 0.29) is 18.2 Å². The van der Waals surface area contributed by atoms with Gasteiger partial charge in [-0.05, 0) is 23.8 Å². The maximum Gasteiger partial charge on any atom is 0.416 e. The first-order chi connectivity index (χ1) is 12.1. The zero-order valence-electron chi connectivity index (χ0n) is 13.0. The van der Waals surface area contributed by atoms with Crippen molar-refractivity contribution in [3.05, 3.63) is 71.4 Å². The van der Waals surface area contributed by atoms with Gasteiger partial charge in [0.25, 0.3) is 0 Å². The lowest BCUT2D eigenvalue weighted by Crippen LogP contribution is -2.13. The number of alkyl halides is 6. The summed E-state index contributed by atoms with van der Waals surface area (Å²) >= 11 is 0. The highest BCUT2D eigenvalue weighted by atomic mass is 19.4. The monoisotopic (exact) mass is 371 g/mol. The molecule has 0 bridgehead atoms. The van der Waals surface area contributed by atoms with Crippen molar-refractivity contribution in [3.8, 4) is 11.3 Å². The Balaban J connectivity index is 1.93. The van der Waals surface area contributed by atoms with Gasteiger partial charge in [0.1, 0.15) is 5.69 Å². The lowest BCUT2D eigenvalue weighted by molar-refractivity contribution is -0.143. The lowest BCUT2D eigenvalue weighted by Gasteiger charge is -2.14. The average Bonchev–Trinajstić information content (AvgIpc) is 3.02. The summed E-state index contributed by atoms with van der Waals surface area (Å²) in [5.41, 5.74) is -1.68. The molecule has 0 unspecified atom stereocenters. The molecule has 0 spiro atoms. The fraction of sp³-hybridized carbons (Fsp3) is 0.176. The first-order valence-corrected chi connectivity index (χ1v) is 7.37. The van der Waals surface area contributed by atoms with Gasteiger partial charge < -0.3 is 0 Å². The van der Waals surface area contributed by atoms with Crippen LogP contribution in [0.5, 0.6) is 0 Å². The van der Waals surface area contributed by atoms with Crippen molar-refractivity contribution in [1.82, 2.24) is 15.0 Å². The molecule has 0 atom stereocenters. The largest absolute Gasteiger partial charge is 0.416 e. The number of hydrogen-bond donors (Lipinski definition) is 0. The van der Waals surface area contributed by atoms with Gasteiger partial charge in [0, 0.05) is 5.56 Å². The van der Waals surface area contributed by atoms with Gasteiger partial charge >= 0.3 is 12.4 Å². The van der Waals surface area contributed by atoms with Gasteiger partial charge in [0.05, 0.1) is 23.9 Å². The highest BCUT2D eigenvalue weighted by Gasteiger charge is 2.36. The fourth-order valence-corrected chi connectivity index (χ4v) is 2.41. The van der Waals surface area contributed by atoms with Crippen molar-refractivity contribution in [2.75, 3.05) is 0 Å². The summed E-state index contributed by atoms with van der Waals surface area (Å²) in [6.07, 6.45) is -8.30. The van der Waals surface area contributed by atoms with Gasteiger partial charge in [-0.25, -0.2) is 4.68 Å². The predicted molar refractivity (Wildman–Crippen MR) is 81.0 cm³/mol. The lowest BCUT2D eigenvalue weighted by atomic mass is 10.0. The Morgan fingerprint density at radius 2 is 1.38 bits per heavy atom. The Bertz CT molecular complexity index is 865. The van der Waals surface area contributed by atoms with Crippen LogP contribution in [0.4, 0.5) is 26.3 Å². The average molecular weight is 371 g/mol. The smallest absolute Gasteiger partial charge is 0.247 e. The van der Waals surface area contributed by atoms with Crippen LogP contribution in [-0.4, -0.2) is 15.0 Å². The molecule has 1 heterocycles. The topological polar surface area (TPSA) is 30.7 Å². The second-order valence-corrected chi connectivity index (χ2v) is 5.58. The van der Waals surface area contributed by atoms with E-state index >= 15 is 0 Å². The second kappa shape index (κ2) is 6.47. The third kappa shape index (κ3) is 4.04. The third-order valence-corrected chi connectivity index (χ3v) is 3.60. The molecule has 3 rings (SSSR count). The molecule has 0 aliphatic carbocycles. The maximum absolute atomic E-state index is 12.9. The number of halogens is 6. The Labute approximate surface area is 143 Å². The second-order valence-electron chi connectivity index (χ2n) is 5.58. The summed E-state index contributed by atoms with van der Waals surface area (Å²) in [4.78, 5) is 0. The Kier molecular flexibility index (Phi) is 4.47. The molecule has 2 aromatic carbocycles. The molecule has 0 fully saturated rings. The molecule has 3 aromatic rings. The van der Waals surface area contributed by atoms with Crippen molar-refractivity contribution in [2.24, 2.45) is 0 Å². The number of rotatable bonds is 3. The van der Waals surface area contributed by atoms with Crippen LogP contribution in [0.1, 0.15) is 16.7 Å². The van der Waals surface area contributed by atoms with Crippen LogP contribution in [0.2, 0.25) is 0 Å². The highest BCUT2D eigenvalue weighted by molar-refractivity contribution is 5.57. The van der Waals surface area contributed by atoms with Gasteiger partial charge in [0.15, 0.2) is 0 Å². The van der Waals surface area contributed by atoms with E-state index in [4.69, 9.17) is 0 Å². The normalized spacial score (nSPS) is 12.4. The van der Waals surface area contributed by atoms with Crippen LogP contribution in [0.3, 0.4) is 0 Å².